The number of sulfone groups is 1. The van der Waals surface area contributed by atoms with E-state index >= 15 is 0 Å². The standard InChI is InChI=1S/C19H31FN4O2S/c1-19(2,3)27(25,26)13-10-22-18(21-4)23-16-8-11-24(12-9-16)17-7-5-6-15(20)14-17/h5-7,14,16H,8-13H2,1-4H3,(H2,21,22,23). The summed E-state index contributed by atoms with van der Waals surface area (Å²) in [6.45, 7) is 7.11. The van der Waals surface area contributed by atoms with Crippen LogP contribution in [0.2, 0.25) is 0 Å². The first-order valence-electron chi connectivity index (χ1n) is 9.32. The maximum absolute atomic E-state index is 13.4. The molecule has 1 aromatic carbocycles. The van der Waals surface area contributed by atoms with Gasteiger partial charge in [0.2, 0.25) is 0 Å². The lowest BCUT2D eigenvalue weighted by Crippen LogP contribution is -2.49. The average molecular weight is 399 g/mol. The number of hydrogen-bond donors (Lipinski definition) is 2. The van der Waals surface area contributed by atoms with Gasteiger partial charge in [0.1, 0.15) is 5.82 Å². The molecule has 1 aliphatic heterocycles. The lowest BCUT2D eigenvalue weighted by molar-refractivity contribution is 0.461. The monoisotopic (exact) mass is 398 g/mol. The van der Waals surface area contributed by atoms with Gasteiger partial charge in [0.05, 0.1) is 10.5 Å². The second kappa shape index (κ2) is 8.91. The molecule has 0 aliphatic carbocycles. The molecule has 1 aliphatic rings. The molecule has 8 heteroatoms. The molecule has 0 unspecified atom stereocenters. The third kappa shape index (κ3) is 6.09. The fourth-order valence-electron chi connectivity index (χ4n) is 2.95. The van der Waals surface area contributed by atoms with E-state index in [4.69, 9.17) is 0 Å². The van der Waals surface area contributed by atoms with Crippen molar-refractivity contribution >= 4 is 21.5 Å². The highest BCUT2D eigenvalue weighted by atomic mass is 32.2. The molecule has 0 aromatic heterocycles. The van der Waals surface area contributed by atoms with Crippen LogP contribution in [0, 0.1) is 5.82 Å². The summed E-state index contributed by atoms with van der Waals surface area (Å²) in [6.07, 6.45) is 1.80. The van der Waals surface area contributed by atoms with Gasteiger partial charge < -0.3 is 15.5 Å². The quantitative estimate of drug-likeness (QED) is 0.587. The topological polar surface area (TPSA) is 73.8 Å². The molecule has 1 heterocycles. The molecule has 2 N–H and O–H groups in total. The van der Waals surface area contributed by atoms with E-state index in [1.165, 1.54) is 6.07 Å². The number of rotatable bonds is 5. The first kappa shape index (κ1) is 21.5. The van der Waals surface area contributed by atoms with Gasteiger partial charge in [-0.1, -0.05) is 6.07 Å². The molecule has 0 spiro atoms. The summed E-state index contributed by atoms with van der Waals surface area (Å²) in [5, 5.41) is 6.45. The van der Waals surface area contributed by atoms with Crippen LogP contribution < -0.4 is 15.5 Å². The van der Waals surface area contributed by atoms with E-state index in [1.807, 2.05) is 6.07 Å². The van der Waals surface area contributed by atoms with Crippen LogP contribution in [0.1, 0.15) is 33.6 Å². The molecule has 1 aromatic rings. The Bertz CT molecular complexity index is 751. The van der Waals surface area contributed by atoms with E-state index in [1.54, 1.807) is 40.0 Å². The van der Waals surface area contributed by atoms with Crippen molar-refractivity contribution < 1.29 is 12.8 Å². The second-order valence-corrected chi connectivity index (χ2v) is 10.7. The lowest BCUT2D eigenvalue weighted by Gasteiger charge is -2.34. The van der Waals surface area contributed by atoms with Gasteiger partial charge in [-0.15, -0.1) is 0 Å². The maximum atomic E-state index is 13.4. The van der Waals surface area contributed by atoms with Crippen LogP contribution in [0.5, 0.6) is 0 Å². The van der Waals surface area contributed by atoms with Gasteiger partial charge in [-0.3, -0.25) is 4.99 Å². The van der Waals surface area contributed by atoms with Gasteiger partial charge in [0, 0.05) is 38.4 Å². The molecule has 2 rings (SSSR count). The Morgan fingerprint density at radius 3 is 2.52 bits per heavy atom. The summed E-state index contributed by atoms with van der Waals surface area (Å²) in [6, 6.07) is 6.91. The van der Waals surface area contributed by atoms with Crippen LogP contribution in [0.25, 0.3) is 0 Å². The van der Waals surface area contributed by atoms with Gasteiger partial charge in [0.15, 0.2) is 15.8 Å². The third-order valence-electron chi connectivity index (χ3n) is 4.83. The number of halogens is 1. The summed E-state index contributed by atoms with van der Waals surface area (Å²) in [5.74, 6) is 0.459. The molecule has 6 nitrogen and oxygen atoms in total. The minimum atomic E-state index is -3.16. The Morgan fingerprint density at radius 2 is 1.96 bits per heavy atom. The van der Waals surface area contributed by atoms with Crippen molar-refractivity contribution in [2.24, 2.45) is 4.99 Å². The molecule has 0 amide bonds. The highest BCUT2D eigenvalue weighted by Gasteiger charge is 2.28. The molecule has 1 saturated heterocycles. The molecular weight excluding hydrogens is 367 g/mol. The predicted octanol–water partition coefficient (Wildman–Crippen LogP) is 2.17. The summed E-state index contributed by atoms with van der Waals surface area (Å²) in [7, 11) is -1.48. The Balaban J connectivity index is 1.79. The number of guanidine groups is 1. The number of hydrogen-bond acceptors (Lipinski definition) is 4. The van der Waals surface area contributed by atoms with Crippen molar-refractivity contribution in [2.75, 3.05) is 37.3 Å². The van der Waals surface area contributed by atoms with E-state index < -0.39 is 14.6 Å². The minimum absolute atomic E-state index is 0.0647. The van der Waals surface area contributed by atoms with Gasteiger partial charge in [-0.25, -0.2) is 12.8 Å². The maximum Gasteiger partial charge on any atom is 0.191 e. The number of aliphatic imine (C=N–C) groups is 1. The Morgan fingerprint density at radius 1 is 1.30 bits per heavy atom. The Labute approximate surface area is 162 Å². The van der Waals surface area contributed by atoms with Crippen molar-refractivity contribution in [1.29, 1.82) is 0 Å². The smallest absolute Gasteiger partial charge is 0.191 e. The summed E-state index contributed by atoms with van der Waals surface area (Å²) >= 11 is 0. The summed E-state index contributed by atoms with van der Waals surface area (Å²) in [5.41, 5.74) is 0.906. The number of nitrogens with zero attached hydrogens (tertiary/aromatic N) is 2. The number of nitrogens with one attached hydrogen (secondary N) is 2. The second-order valence-electron chi connectivity index (χ2n) is 7.82. The highest BCUT2D eigenvalue weighted by molar-refractivity contribution is 7.92. The Hall–Kier alpha value is -1.83. The zero-order chi connectivity index (χ0) is 20.1. The molecule has 0 radical (unpaired) electrons. The third-order valence-corrected chi connectivity index (χ3v) is 7.44. The van der Waals surface area contributed by atoms with Crippen molar-refractivity contribution in [3.05, 3.63) is 30.1 Å². The molecule has 1 fully saturated rings. The van der Waals surface area contributed by atoms with Crippen LogP contribution in [-0.4, -0.2) is 57.6 Å². The van der Waals surface area contributed by atoms with Crippen molar-refractivity contribution in [3.63, 3.8) is 0 Å². The summed E-state index contributed by atoms with van der Waals surface area (Å²) < 4.78 is 37.0. The van der Waals surface area contributed by atoms with E-state index in [0.717, 1.165) is 31.6 Å². The minimum Gasteiger partial charge on any atom is -0.371 e. The van der Waals surface area contributed by atoms with Gasteiger partial charge in [-0.05, 0) is 51.8 Å². The van der Waals surface area contributed by atoms with Crippen molar-refractivity contribution in [1.82, 2.24) is 10.6 Å². The first-order chi connectivity index (χ1) is 12.6. The highest BCUT2D eigenvalue weighted by Crippen LogP contribution is 2.20. The molecular formula is C19H31FN4O2S. The van der Waals surface area contributed by atoms with Crippen molar-refractivity contribution in [2.45, 2.75) is 44.4 Å². The fraction of sp³-hybridized carbons (Fsp3) is 0.632. The number of benzene rings is 1. The number of piperidine rings is 1. The number of anilines is 1. The van der Waals surface area contributed by atoms with Gasteiger partial charge >= 0.3 is 0 Å². The lowest BCUT2D eigenvalue weighted by atomic mass is 10.0. The molecule has 0 saturated carbocycles. The van der Waals surface area contributed by atoms with E-state index in [9.17, 15) is 12.8 Å². The zero-order valence-corrected chi connectivity index (χ0v) is 17.4. The molecule has 152 valence electrons. The van der Waals surface area contributed by atoms with E-state index in [0.29, 0.717) is 12.5 Å². The van der Waals surface area contributed by atoms with E-state index in [2.05, 4.69) is 20.5 Å². The van der Waals surface area contributed by atoms with Gasteiger partial charge in [0.25, 0.3) is 0 Å². The SMILES string of the molecule is CN=C(NCCS(=O)(=O)C(C)(C)C)NC1CCN(c2cccc(F)c2)CC1. The largest absolute Gasteiger partial charge is 0.371 e. The van der Waals surface area contributed by atoms with Crippen LogP contribution in [0.4, 0.5) is 10.1 Å². The van der Waals surface area contributed by atoms with Crippen LogP contribution in [0.3, 0.4) is 0 Å². The van der Waals surface area contributed by atoms with Crippen LogP contribution in [-0.2, 0) is 9.84 Å². The van der Waals surface area contributed by atoms with Crippen LogP contribution >= 0.6 is 0 Å². The van der Waals surface area contributed by atoms with E-state index in [-0.39, 0.29) is 17.6 Å². The summed E-state index contributed by atoms with van der Waals surface area (Å²) in [4.78, 5) is 6.36. The van der Waals surface area contributed by atoms with Crippen LogP contribution in [0.15, 0.2) is 29.3 Å². The molecule has 0 atom stereocenters. The first-order valence-corrected chi connectivity index (χ1v) is 11.0. The average Bonchev–Trinajstić information content (AvgIpc) is 2.60. The molecule has 27 heavy (non-hydrogen) atoms. The fourth-order valence-corrected chi connectivity index (χ4v) is 3.94. The predicted molar refractivity (Wildman–Crippen MR) is 110 cm³/mol. The van der Waals surface area contributed by atoms with Gasteiger partial charge in [-0.2, -0.15) is 0 Å². The zero-order valence-electron chi connectivity index (χ0n) is 16.6. The normalized spacial score (nSPS) is 17.1. The molecule has 0 bridgehead atoms. The van der Waals surface area contributed by atoms with Crippen molar-refractivity contribution in [3.8, 4) is 0 Å². The Kier molecular flexibility index (Phi) is 7.08.